The largest absolute Gasteiger partial charge is 0.476 e. The van der Waals surface area contributed by atoms with Gasteiger partial charge in [0.2, 0.25) is 0 Å². The van der Waals surface area contributed by atoms with Gasteiger partial charge in [0.1, 0.15) is 0 Å². The van der Waals surface area contributed by atoms with Crippen molar-refractivity contribution in [1.82, 2.24) is 10.1 Å². The van der Waals surface area contributed by atoms with Crippen molar-refractivity contribution < 1.29 is 14.4 Å². The molecule has 1 N–H and O–H groups in total. The van der Waals surface area contributed by atoms with Crippen LogP contribution in [-0.2, 0) is 6.54 Å². The van der Waals surface area contributed by atoms with Crippen molar-refractivity contribution in [2.24, 2.45) is 5.92 Å². The lowest BCUT2D eigenvalue weighted by molar-refractivity contribution is 0.0685. The van der Waals surface area contributed by atoms with E-state index in [4.69, 9.17) is 9.63 Å². The molecule has 0 aliphatic carbocycles. The fourth-order valence-corrected chi connectivity index (χ4v) is 2.49. The van der Waals surface area contributed by atoms with E-state index in [0.717, 1.165) is 6.54 Å². The van der Waals surface area contributed by atoms with Gasteiger partial charge in [-0.3, -0.25) is 4.90 Å². The molecular formula is C12H18N2O3. The SMILES string of the molecule is CC(C)C1CCCN1Cc1cc(C(=O)O)no1. The zero-order chi connectivity index (χ0) is 12.4. The minimum absolute atomic E-state index is 0.0136. The van der Waals surface area contributed by atoms with E-state index in [1.165, 1.54) is 18.9 Å². The van der Waals surface area contributed by atoms with Crippen molar-refractivity contribution in [1.29, 1.82) is 0 Å². The van der Waals surface area contributed by atoms with E-state index in [-0.39, 0.29) is 5.69 Å². The van der Waals surface area contributed by atoms with Gasteiger partial charge in [0.15, 0.2) is 11.5 Å². The van der Waals surface area contributed by atoms with Crippen LogP contribution in [0, 0.1) is 5.92 Å². The number of aromatic nitrogens is 1. The highest BCUT2D eigenvalue weighted by Crippen LogP contribution is 2.25. The molecule has 1 atom stereocenters. The van der Waals surface area contributed by atoms with Crippen molar-refractivity contribution >= 4 is 5.97 Å². The number of carboxylic acid groups (broad SMARTS) is 1. The fourth-order valence-electron chi connectivity index (χ4n) is 2.49. The van der Waals surface area contributed by atoms with Crippen molar-refractivity contribution in [2.45, 2.75) is 39.3 Å². The van der Waals surface area contributed by atoms with E-state index in [0.29, 0.717) is 24.3 Å². The molecule has 94 valence electrons. The number of likely N-dealkylation sites (tertiary alicyclic amines) is 1. The zero-order valence-electron chi connectivity index (χ0n) is 10.2. The maximum Gasteiger partial charge on any atom is 0.358 e. The lowest BCUT2D eigenvalue weighted by Gasteiger charge is -2.26. The topological polar surface area (TPSA) is 66.6 Å². The number of hydrogen-bond acceptors (Lipinski definition) is 4. The highest BCUT2D eigenvalue weighted by molar-refractivity contribution is 5.85. The van der Waals surface area contributed by atoms with Crippen LogP contribution in [0.3, 0.4) is 0 Å². The van der Waals surface area contributed by atoms with Crippen molar-refractivity contribution in [3.8, 4) is 0 Å². The average molecular weight is 238 g/mol. The molecule has 1 aliphatic rings. The van der Waals surface area contributed by atoms with Crippen LogP contribution in [0.5, 0.6) is 0 Å². The normalized spacial score (nSPS) is 21.2. The number of nitrogens with zero attached hydrogens (tertiary/aromatic N) is 2. The molecule has 0 saturated carbocycles. The first kappa shape index (κ1) is 12.1. The molecule has 0 amide bonds. The van der Waals surface area contributed by atoms with Crippen molar-refractivity contribution in [3.05, 3.63) is 17.5 Å². The van der Waals surface area contributed by atoms with E-state index >= 15 is 0 Å². The first-order valence-corrected chi connectivity index (χ1v) is 6.01. The summed E-state index contributed by atoms with van der Waals surface area (Å²) in [6.45, 7) is 6.13. The summed E-state index contributed by atoms with van der Waals surface area (Å²) in [4.78, 5) is 13.0. The minimum Gasteiger partial charge on any atom is -0.476 e. The zero-order valence-corrected chi connectivity index (χ0v) is 10.2. The smallest absolute Gasteiger partial charge is 0.358 e. The molecule has 1 unspecified atom stereocenters. The Bertz CT molecular complexity index is 400. The van der Waals surface area contributed by atoms with Crippen LogP contribution in [0.15, 0.2) is 10.6 Å². The number of rotatable bonds is 4. The van der Waals surface area contributed by atoms with Crippen LogP contribution < -0.4 is 0 Å². The molecule has 17 heavy (non-hydrogen) atoms. The van der Waals surface area contributed by atoms with E-state index < -0.39 is 5.97 Å². The number of hydrogen-bond donors (Lipinski definition) is 1. The second kappa shape index (κ2) is 4.87. The first-order valence-electron chi connectivity index (χ1n) is 6.01. The third kappa shape index (κ3) is 2.66. The Morgan fingerprint density at radius 1 is 1.71 bits per heavy atom. The lowest BCUT2D eigenvalue weighted by atomic mass is 10.0. The Hall–Kier alpha value is -1.36. The summed E-state index contributed by atoms with van der Waals surface area (Å²) in [7, 11) is 0. The van der Waals surface area contributed by atoms with E-state index in [2.05, 4.69) is 23.9 Å². The second-order valence-corrected chi connectivity index (χ2v) is 4.91. The van der Waals surface area contributed by atoms with Gasteiger partial charge in [-0.15, -0.1) is 0 Å². The maximum atomic E-state index is 10.7. The summed E-state index contributed by atoms with van der Waals surface area (Å²) >= 11 is 0. The van der Waals surface area contributed by atoms with Gasteiger partial charge in [-0.1, -0.05) is 19.0 Å². The first-order chi connectivity index (χ1) is 8.08. The Balaban J connectivity index is 2.02. The molecule has 1 fully saturated rings. The van der Waals surface area contributed by atoms with E-state index in [1.54, 1.807) is 0 Å². The lowest BCUT2D eigenvalue weighted by Crippen LogP contribution is -2.32. The van der Waals surface area contributed by atoms with Crippen LogP contribution in [0.4, 0.5) is 0 Å². The summed E-state index contributed by atoms with van der Waals surface area (Å²) in [5.41, 5.74) is -0.0136. The predicted molar refractivity (Wildman–Crippen MR) is 61.7 cm³/mol. The molecule has 0 spiro atoms. The van der Waals surface area contributed by atoms with Crippen LogP contribution >= 0.6 is 0 Å². The van der Waals surface area contributed by atoms with E-state index in [9.17, 15) is 4.79 Å². The predicted octanol–water partition coefficient (Wildman–Crippen LogP) is 1.99. The Morgan fingerprint density at radius 2 is 2.47 bits per heavy atom. The summed E-state index contributed by atoms with van der Waals surface area (Å²) in [6.07, 6.45) is 2.40. The Labute approximate surface area is 100 Å². The third-order valence-electron chi connectivity index (χ3n) is 3.32. The minimum atomic E-state index is -1.04. The molecule has 5 nitrogen and oxygen atoms in total. The van der Waals surface area contributed by atoms with Gasteiger partial charge in [-0.05, 0) is 25.3 Å². The van der Waals surface area contributed by atoms with Gasteiger partial charge in [-0.2, -0.15) is 0 Å². The summed E-state index contributed by atoms with van der Waals surface area (Å²) in [5.74, 6) is 0.205. The molecular weight excluding hydrogens is 220 g/mol. The molecule has 1 aliphatic heterocycles. The standard InChI is InChI=1S/C12H18N2O3/c1-8(2)11-4-3-5-14(11)7-9-6-10(12(15)16)13-17-9/h6,8,11H,3-5,7H2,1-2H3,(H,15,16). The van der Waals surface area contributed by atoms with Crippen LogP contribution in [0.1, 0.15) is 42.9 Å². The van der Waals surface area contributed by atoms with Gasteiger partial charge >= 0.3 is 5.97 Å². The van der Waals surface area contributed by atoms with Gasteiger partial charge in [-0.25, -0.2) is 4.79 Å². The number of aromatic carboxylic acids is 1. The molecule has 2 heterocycles. The van der Waals surface area contributed by atoms with Gasteiger partial charge < -0.3 is 9.63 Å². The Kier molecular flexibility index (Phi) is 3.47. The molecule has 1 aromatic heterocycles. The maximum absolute atomic E-state index is 10.7. The van der Waals surface area contributed by atoms with Crippen LogP contribution in [0.25, 0.3) is 0 Å². The molecule has 0 bridgehead atoms. The third-order valence-corrected chi connectivity index (χ3v) is 3.32. The summed E-state index contributed by atoms with van der Waals surface area (Å²) < 4.78 is 5.04. The quantitative estimate of drug-likeness (QED) is 0.869. The molecule has 1 aromatic rings. The second-order valence-electron chi connectivity index (χ2n) is 4.91. The molecule has 0 radical (unpaired) electrons. The summed E-state index contributed by atoms with van der Waals surface area (Å²) in [6, 6.07) is 2.08. The average Bonchev–Trinajstić information content (AvgIpc) is 2.86. The van der Waals surface area contributed by atoms with Crippen molar-refractivity contribution in [2.75, 3.05) is 6.54 Å². The van der Waals surface area contributed by atoms with Gasteiger partial charge in [0.05, 0.1) is 6.54 Å². The van der Waals surface area contributed by atoms with Gasteiger partial charge in [0.25, 0.3) is 0 Å². The van der Waals surface area contributed by atoms with Crippen LogP contribution in [0.2, 0.25) is 0 Å². The van der Waals surface area contributed by atoms with Crippen LogP contribution in [-0.4, -0.2) is 33.7 Å². The molecule has 0 aromatic carbocycles. The molecule has 1 saturated heterocycles. The number of carbonyl (C=O) groups is 1. The fraction of sp³-hybridized carbons (Fsp3) is 0.667. The van der Waals surface area contributed by atoms with Crippen molar-refractivity contribution in [3.63, 3.8) is 0 Å². The molecule has 2 rings (SSSR count). The van der Waals surface area contributed by atoms with Gasteiger partial charge in [0, 0.05) is 12.1 Å². The van der Waals surface area contributed by atoms with E-state index in [1.807, 2.05) is 0 Å². The monoisotopic (exact) mass is 238 g/mol. The summed E-state index contributed by atoms with van der Waals surface area (Å²) in [5, 5.41) is 12.3. The number of carboxylic acids is 1. The highest BCUT2D eigenvalue weighted by atomic mass is 16.5. The molecule has 5 heteroatoms. The Morgan fingerprint density at radius 3 is 3.06 bits per heavy atom. The highest BCUT2D eigenvalue weighted by Gasteiger charge is 2.28.